The van der Waals surface area contributed by atoms with Gasteiger partial charge in [0.15, 0.2) is 10.3 Å². The maximum Gasteiger partial charge on any atom is 0.255 e. The number of rotatable bonds is 2. The van der Waals surface area contributed by atoms with Crippen LogP contribution < -0.4 is 11.1 Å². The number of nitrogen functional groups attached to an aromatic ring is 1. The number of nitrogens with two attached hydrogens (primary N) is 1. The number of amides is 1. The molecule has 1 heterocycles. The number of aromatic hydroxyl groups is 1. The summed E-state index contributed by atoms with van der Waals surface area (Å²) in [5, 5.41) is 11.9. The van der Waals surface area contributed by atoms with Crippen molar-refractivity contribution in [3.8, 4) is 5.75 Å². The number of anilines is 2. The van der Waals surface area contributed by atoms with Crippen molar-refractivity contribution in [1.29, 1.82) is 0 Å². The second-order valence-electron chi connectivity index (χ2n) is 3.56. The summed E-state index contributed by atoms with van der Waals surface area (Å²) in [7, 11) is 0. The third-order valence-corrected chi connectivity index (χ3v) is 2.86. The predicted octanol–water partition coefficient (Wildman–Crippen LogP) is 2.32. The minimum atomic E-state index is -0.520. The summed E-state index contributed by atoms with van der Waals surface area (Å²) in [5.74, 6) is -0.706. The maximum absolute atomic E-state index is 11.9. The Hall–Kier alpha value is -2.05. The average Bonchev–Trinajstić information content (AvgIpc) is 2.37. The zero-order valence-corrected chi connectivity index (χ0v) is 10.9. The molecule has 0 spiro atoms. The van der Waals surface area contributed by atoms with Crippen LogP contribution in [-0.4, -0.2) is 21.0 Å². The first kappa shape index (κ1) is 13.4. The standard InChI is InChI=1S/C11H8Cl2N4O2/c12-9-8(10(13)16-4-15-9)17-11(19)5-1-2-6(14)7(18)3-5/h1-4,18H,14H2,(H,17,19). The molecule has 2 rings (SSSR count). The van der Waals surface area contributed by atoms with Crippen molar-refractivity contribution in [1.82, 2.24) is 9.97 Å². The fraction of sp³-hybridized carbons (Fsp3) is 0. The lowest BCUT2D eigenvalue weighted by Crippen LogP contribution is -2.13. The van der Waals surface area contributed by atoms with E-state index in [1.165, 1.54) is 24.5 Å². The van der Waals surface area contributed by atoms with Crippen LogP contribution in [0.1, 0.15) is 10.4 Å². The Morgan fingerprint density at radius 3 is 2.47 bits per heavy atom. The molecule has 0 unspecified atom stereocenters. The summed E-state index contributed by atoms with van der Waals surface area (Å²) in [4.78, 5) is 19.4. The number of nitrogens with one attached hydrogen (secondary N) is 1. The number of hydrogen-bond donors (Lipinski definition) is 3. The van der Waals surface area contributed by atoms with Crippen LogP contribution >= 0.6 is 23.2 Å². The van der Waals surface area contributed by atoms with Crippen molar-refractivity contribution in [2.45, 2.75) is 0 Å². The molecule has 1 aromatic heterocycles. The molecule has 0 aliphatic carbocycles. The Balaban J connectivity index is 2.28. The molecule has 98 valence electrons. The molecule has 8 heteroatoms. The first-order valence-electron chi connectivity index (χ1n) is 5.05. The zero-order chi connectivity index (χ0) is 14.0. The highest BCUT2D eigenvalue weighted by Crippen LogP contribution is 2.27. The van der Waals surface area contributed by atoms with Gasteiger partial charge in [0.1, 0.15) is 17.8 Å². The van der Waals surface area contributed by atoms with Crippen molar-refractivity contribution in [2.24, 2.45) is 0 Å². The lowest BCUT2D eigenvalue weighted by atomic mass is 10.2. The highest BCUT2D eigenvalue weighted by molar-refractivity contribution is 6.38. The lowest BCUT2D eigenvalue weighted by Gasteiger charge is -2.08. The van der Waals surface area contributed by atoms with Crippen molar-refractivity contribution in [2.75, 3.05) is 11.1 Å². The van der Waals surface area contributed by atoms with E-state index in [-0.39, 0.29) is 33.0 Å². The molecule has 0 fully saturated rings. The number of hydrogen-bond acceptors (Lipinski definition) is 5. The number of phenolic OH excluding ortho intramolecular Hbond substituents is 1. The predicted molar refractivity (Wildman–Crippen MR) is 72.5 cm³/mol. The van der Waals surface area contributed by atoms with Crippen molar-refractivity contribution >= 4 is 40.5 Å². The van der Waals surface area contributed by atoms with Gasteiger partial charge >= 0.3 is 0 Å². The first-order chi connectivity index (χ1) is 8.99. The van der Waals surface area contributed by atoms with Crippen LogP contribution in [0, 0.1) is 0 Å². The monoisotopic (exact) mass is 298 g/mol. The fourth-order valence-corrected chi connectivity index (χ4v) is 1.73. The molecule has 0 saturated heterocycles. The van der Waals surface area contributed by atoms with Gasteiger partial charge in [0, 0.05) is 5.56 Å². The van der Waals surface area contributed by atoms with E-state index in [0.29, 0.717) is 0 Å². The molecule has 6 nitrogen and oxygen atoms in total. The summed E-state index contributed by atoms with van der Waals surface area (Å²) in [6.07, 6.45) is 1.18. The number of halogens is 2. The number of carbonyl (C=O) groups excluding carboxylic acids is 1. The van der Waals surface area contributed by atoms with E-state index in [9.17, 15) is 9.90 Å². The third-order valence-electron chi connectivity index (χ3n) is 2.29. The van der Waals surface area contributed by atoms with Gasteiger partial charge in [-0.2, -0.15) is 0 Å². The Morgan fingerprint density at radius 2 is 1.89 bits per heavy atom. The Morgan fingerprint density at radius 1 is 1.26 bits per heavy atom. The number of carbonyl (C=O) groups is 1. The van der Waals surface area contributed by atoms with Gasteiger partial charge in [0.2, 0.25) is 0 Å². The van der Waals surface area contributed by atoms with Gasteiger partial charge < -0.3 is 16.2 Å². The van der Waals surface area contributed by atoms with E-state index >= 15 is 0 Å². The van der Waals surface area contributed by atoms with E-state index in [1.807, 2.05) is 0 Å². The summed E-state index contributed by atoms with van der Waals surface area (Å²) < 4.78 is 0. The molecule has 0 aliphatic heterocycles. The largest absolute Gasteiger partial charge is 0.506 e. The van der Waals surface area contributed by atoms with Gasteiger partial charge in [-0.25, -0.2) is 9.97 Å². The van der Waals surface area contributed by atoms with Crippen LogP contribution in [0.3, 0.4) is 0 Å². The molecule has 0 bridgehead atoms. The average molecular weight is 299 g/mol. The number of aromatic nitrogens is 2. The summed E-state index contributed by atoms with van der Waals surface area (Å²) in [6, 6.07) is 4.10. The molecule has 19 heavy (non-hydrogen) atoms. The summed E-state index contributed by atoms with van der Waals surface area (Å²) >= 11 is 11.6. The molecular weight excluding hydrogens is 291 g/mol. The SMILES string of the molecule is Nc1ccc(C(=O)Nc2c(Cl)ncnc2Cl)cc1O. The van der Waals surface area contributed by atoms with Crippen molar-refractivity contribution in [3.05, 3.63) is 40.4 Å². The molecule has 1 aromatic carbocycles. The molecule has 0 saturated carbocycles. The first-order valence-corrected chi connectivity index (χ1v) is 5.80. The molecule has 0 atom stereocenters. The van der Waals surface area contributed by atoms with E-state index in [1.54, 1.807) is 0 Å². The Labute approximate surface area is 118 Å². The van der Waals surface area contributed by atoms with Crippen LogP contribution in [0.25, 0.3) is 0 Å². The molecule has 1 amide bonds. The van der Waals surface area contributed by atoms with E-state index < -0.39 is 5.91 Å². The minimum Gasteiger partial charge on any atom is -0.506 e. The van der Waals surface area contributed by atoms with E-state index in [4.69, 9.17) is 28.9 Å². The van der Waals surface area contributed by atoms with Crippen LogP contribution in [-0.2, 0) is 0 Å². The van der Waals surface area contributed by atoms with E-state index in [2.05, 4.69) is 15.3 Å². The smallest absolute Gasteiger partial charge is 0.255 e. The zero-order valence-electron chi connectivity index (χ0n) is 9.39. The summed E-state index contributed by atoms with van der Waals surface area (Å²) in [5.41, 5.74) is 5.92. The van der Waals surface area contributed by atoms with Gasteiger partial charge in [-0.1, -0.05) is 23.2 Å². The van der Waals surface area contributed by atoms with Crippen molar-refractivity contribution < 1.29 is 9.90 Å². The number of benzene rings is 1. The quantitative estimate of drug-likeness (QED) is 0.449. The van der Waals surface area contributed by atoms with Crippen LogP contribution in [0.15, 0.2) is 24.5 Å². The normalized spacial score (nSPS) is 10.2. The molecule has 2 aromatic rings. The highest BCUT2D eigenvalue weighted by atomic mass is 35.5. The highest BCUT2D eigenvalue weighted by Gasteiger charge is 2.14. The van der Waals surface area contributed by atoms with Gasteiger partial charge in [0.05, 0.1) is 5.69 Å². The number of phenols is 1. The Bertz CT molecular complexity index is 628. The second kappa shape index (κ2) is 5.29. The van der Waals surface area contributed by atoms with Crippen molar-refractivity contribution in [3.63, 3.8) is 0 Å². The molecule has 0 radical (unpaired) electrons. The third kappa shape index (κ3) is 2.86. The van der Waals surface area contributed by atoms with Gasteiger partial charge in [-0.05, 0) is 18.2 Å². The van der Waals surface area contributed by atoms with Gasteiger partial charge in [-0.3, -0.25) is 4.79 Å². The van der Waals surface area contributed by atoms with Crippen LogP contribution in [0.2, 0.25) is 10.3 Å². The van der Waals surface area contributed by atoms with Gasteiger partial charge in [-0.15, -0.1) is 0 Å². The van der Waals surface area contributed by atoms with Gasteiger partial charge in [0.25, 0.3) is 5.91 Å². The maximum atomic E-state index is 11.9. The second-order valence-corrected chi connectivity index (χ2v) is 4.27. The minimum absolute atomic E-state index is 0.0213. The fourth-order valence-electron chi connectivity index (χ4n) is 1.32. The van der Waals surface area contributed by atoms with Crippen LogP contribution in [0.4, 0.5) is 11.4 Å². The number of nitrogens with zero attached hydrogens (tertiary/aromatic N) is 2. The molecular formula is C11H8Cl2N4O2. The van der Waals surface area contributed by atoms with Crippen LogP contribution in [0.5, 0.6) is 5.75 Å². The topological polar surface area (TPSA) is 101 Å². The van der Waals surface area contributed by atoms with E-state index in [0.717, 1.165) is 0 Å². The summed E-state index contributed by atoms with van der Waals surface area (Å²) in [6.45, 7) is 0. The lowest BCUT2D eigenvalue weighted by molar-refractivity contribution is 0.102. The Kier molecular flexibility index (Phi) is 3.73. The molecule has 4 N–H and O–H groups in total. The molecule has 0 aliphatic rings.